The lowest BCUT2D eigenvalue weighted by Gasteiger charge is -2.33. The van der Waals surface area contributed by atoms with E-state index in [4.69, 9.17) is 4.98 Å². The first-order valence-electron chi connectivity index (χ1n) is 11.0. The third-order valence-corrected chi connectivity index (χ3v) is 6.25. The van der Waals surface area contributed by atoms with Crippen LogP contribution in [0.1, 0.15) is 23.6 Å². The van der Waals surface area contributed by atoms with Gasteiger partial charge in [-0.25, -0.2) is 9.18 Å². The Morgan fingerprint density at radius 1 is 1.06 bits per heavy atom. The Balaban J connectivity index is 1.74. The Morgan fingerprint density at radius 2 is 1.76 bits per heavy atom. The first-order chi connectivity index (χ1) is 15.7. The predicted octanol–water partition coefficient (Wildman–Crippen LogP) is 3.49. The van der Waals surface area contributed by atoms with Crippen LogP contribution in [-0.4, -0.2) is 25.2 Å². The standard InChI is InChI=1S/C25H26FN5O2/c1-15-9-16(2)11-19(10-15)29-12-17(3)13-30-21-22(27-24(29)30)28(4)25(33)31(23(21)32)14-18-7-5-6-8-20(18)26/h5-11,17H,12-14H2,1-4H3/t17-/m0/s1. The van der Waals surface area contributed by atoms with Crippen molar-refractivity contribution in [2.24, 2.45) is 13.0 Å². The normalized spacial score (nSPS) is 15.8. The Morgan fingerprint density at radius 3 is 2.45 bits per heavy atom. The molecule has 2 aromatic heterocycles. The van der Waals surface area contributed by atoms with Crippen molar-refractivity contribution >= 4 is 22.8 Å². The first-order valence-corrected chi connectivity index (χ1v) is 11.0. The molecule has 8 heteroatoms. The second kappa shape index (κ2) is 7.72. The summed E-state index contributed by atoms with van der Waals surface area (Å²) in [5, 5.41) is 0. The van der Waals surface area contributed by atoms with Gasteiger partial charge in [-0.15, -0.1) is 0 Å². The maximum atomic E-state index is 14.3. The van der Waals surface area contributed by atoms with Gasteiger partial charge in [-0.2, -0.15) is 4.98 Å². The van der Waals surface area contributed by atoms with Crippen molar-refractivity contribution in [3.8, 4) is 0 Å². The van der Waals surface area contributed by atoms with Crippen LogP contribution in [0.15, 0.2) is 52.1 Å². The minimum atomic E-state index is -0.516. The van der Waals surface area contributed by atoms with Gasteiger partial charge >= 0.3 is 5.69 Å². The van der Waals surface area contributed by atoms with E-state index in [9.17, 15) is 14.0 Å². The summed E-state index contributed by atoms with van der Waals surface area (Å²) in [6.45, 7) is 7.47. The summed E-state index contributed by atoms with van der Waals surface area (Å²) >= 11 is 0. The molecule has 33 heavy (non-hydrogen) atoms. The van der Waals surface area contributed by atoms with Gasteiger partial charge in [-0.3, -0.25) is 13.9 Å². The van der Waals surface area contributed by atoms with Crippen LogP contribution >= 0.6 is 0 Å². The molecule has 0 bridgehead atoms. The van der Waals surface area contributed by atoms with Crippen molar-refractivity contribution in [3.05, 3.63) is 85.8 Å². The molecular weight excluding hydrogens is 421 g/mol. The monoisotopic (exact) mass is 447 g/mol. The zero-order valence-corrected chi connectivity index (χ0v) is 19.2. The molecule has 1 atom stereocenters. The third-order valence-electron chi connectivity index (χ3n) is 6.25. The van der Waals surface area contributed by atoms with Crippen LogP contribution in [0.4, 0.5) is 16.0 Å². The van der Waals surface area contributed by atoms with Crippen LogP contribution in [0.5, 0.6) is 0 Å². The van der Waals surface area contributed by atoms with Crippen molar-refractivity contribution in [3.63, 3.8) is 0 Å². The van der Waals surface area contributed by atoms with Gasteiger partial charge in [0.1, 0.15) is 5.82 Å². The number of anilines is 2. The molecule has 3 heterocycles. The fourth-order valence-electron chi connectivity index (χ4n) is 4.77. The fraction of sp³-hybridized carbons (Fsp3) is 0.320. The van der Waals surface area contributed by atoms with E-state index in [1.54, 1.807) is 25.2 Å². The van der Waals surface area contributed by atoms with Crippen LogP contribution < -0.4 is 16.1 Å². The number of aromatic nitrogens is 4. The molecule has 0 saturated carbocycles. The summed E-state index contributed by atoms with van der Waals surface area (Å²) in [7, 11) is 1.60. The first kappa shape index (κ1) is 21.2. The minimum absolute atomic E-state index is 0.134. The third kappa shape index (κ3) is 3.46. The fourth-order valence-corrected chi connectivity index (χ4v) is 4.77. The van der Waals surface area contributed by atoms with E-state index in [-0.39, 0.29) is 12.5 Å². The Hall–Kier alpha value is -3.68. The van der Waals surface area contributed by atoms with E-state index in [0.717, 1.165) is 27.9 Å². The van der Waals surface area contributed by atoms with Gasteiger partial charge in [0.2, 0.25) is 5.95 Å². The molecule has 170 valence electrons. The Bertz CT molecular complexity index is 1490. The molecule has 0 fully saturated rings. The van der Waals surface area contributed by atoms with Crippen molar-refractivity contribution in [1.29, 1.82) is 0 Å². The lowest BCUT2D eigenvalue weighted by Crippen LogP contribution is -2.40. The van der Waals surface area contributed by atoms with Crippen molar-refractivity contribution < 1.29 is 4.39 Å². The zero-order chi connectivity index (χ0) is 23.4. The molecule has 0 radical (unpaired) electrons. The predicted molar refractivity (Wildman–Crippen MR) is 127 cm³/mol. The number of hydrogen-bond donors (Lipinski definition) is 0. The molecule has 0 spiro atoms. The van der Waals surface area contributed by atoms with E-state index in [1.807, 2.05) is 4.57 Å². The average molecular weight is 448 g/mol. The summed E-state index contributed by atoms with van der Waals surface area (Å²) in [6, 6.07) is 12.5. The van der Waals surface area contributed by atoms with Crippen LogP contribution in [-0.2, 0) is 20.1 Å². The molecule has 1 aliphatic rings. The van der Waals surface area contributed by atoms with Crippen molar-refractivity contribution in [2.75, 3.05) is 11.4 Å². The van der Waals surface area contributed by atoms with E-state index in [1.165, 1.54) is 10.6 Å². The largest absolute Gasteiger partial charge is 0.332 e. The average Bonchev–Trinajstić information content (AvgIpc) is 3.14. The Kier molecular flexibility index (Phi) is 4.96. The quantitative estimate of drug-likeness (QED) is 0.482. The van der Waals surface area contributed by atoms with Crippen molar-refractivity contribution in [1.82, 2.24) is 18.7 Å². The molecule has 0 amide bonds. The van der Waals surface area contributed by atoms with E-state index in [0.29, 0.717) is 29.2 Å². The van der Waals surface area contributed by atoms with Crippen molar-refractivity contribution in [2.45, 2.75) is 33.9 Å². The van der Waals surface area contributed by atoms with E-state index in [2.05, 4.69) is 43.9 Å². The second-order valence-electron chi connectivity index (χ2n) is 9.08. The number of imidazole rings is 1. The molecule has 1 aliphatic heterocycles. The van der Waals surface area contributed by atoms with Gasteiger partial charge in [0, 0.05) is 31.4 Å². The van der Waals surface area contributed by atoms with Gasteiger partial charge in [0.15, 0.2) is 11.2 Å². The number of aryl methyl sites for hydroxylation is 3. The lowest BCUT2D eigenvalue weighted by molar-refractivity contribution is 0.458. The maximum Gasteiger partial charge on any atom is 0.332 e. The lowest BCUT2D eigenvalue weighted by atomic mass is 10.1. The summed E-state index contributed by atoms with van der Waals surface area (Å²) in [4.78, 5) is 33.5. The van der Waals surface area contributed by atoms with Gasteiger partial charge in [0.05, 0.1) is 6.54 Å². The molecule has 4 aromatic rings. The van der Waals surface area contributed by atoms with Gasteiger partial charge in [-0.05, 0) is 49.1 Å². The van der Waals surface area contributed by atoms with Crippen LogP contribution in [0, 0.1) is 25.6 Å². The number of fused-ring (bicyclic) bond motifs is 3. The molecular formula is C25H26FN5O2. The van der Waals surface area contributed by atoms with E-state index < -0.39 is 17.1 Å². The highest BCUT2D eigenvalue weighted by atomic mass is 19.1. The number of rotatable bonds is 3. The number of benzene rings is 2. The highest BCUT2D eigenvalue weighted by molar-refractivity contribution is 5.77. The van der Waals surface area contributed by atoms with Gasteiger partial charge < -0.3 is 9.47 Å². The number of hydrogen-bond acceptors (Lipinski definition) is 4. The molecule has 0 aliphatic carbocycles. The minimum Gasteiger partial charge on any atom is -0.312 e. The van der Waals surface area contributed by atoms with Crippen LogP contribution in [0.25, 0.3) is 11.2 Å². The molecule has 5 rings (SSSR count). The molecule has 2 aromatic carbocycles. The molecule has 7 nitrogen and oxygen atoms in total. The molecule has 0 N–H and O–H groups in total. The van der Waals surface area contributed by atoms with Crippen LogP contribution in [0.2, 0.25) is 0 Å². The zero-order valence-electron chi connectivity index (χ0n) is 19.2. The highest BCUT2D eigenvalue weighted by Crippen LogP contribution is 2.33. The molecule has 0 saturated heterocycles. The topological polar surface area (TPSA) is 65.1 Å². The van der Waals surface area contributed by atoms with E-state index >= 15 is 0 Å². The highest BCUT2D eigenvalue weighted by Gasteiger charge is 2.30. The summed E-state index contributed by atoms with van der Waals surface area (Å²) in [5.74, 6) is 0.452. The summed E-state index contributed by atoms with van der Waals surface area (Å²) in [5.41, 5.74) is 3.32. The van der Waals surface area contributed by atoms with Gasteiger partial charge in [-0.1, -0.05) is 31.2 Å². The Labute approximate surface area is 190 Å². The summed E-state index contributed by atoms with van der Waals surface area (Å²) < 4.78 is 18.7. The summed E-state index contributed by atoms with van der Waals surface area (Å²) in [6.07, 6.45) is 0. The number of halogens is 1. The van der Waals surface area contributed by atoms with Crippen LogP contribution in [0.3, 0.4) is 0 Å². The maximum absolute atomic E-state index is 14.3. The smallest absolute Gasteiger partial charge is 0.312 e. The van der Waals surface area contributed by atoms with Gasteiger partial charge in [0.25, 0.3) is 5.56 Å². The second-order valence-corrected chi connectivity index (χ2v) is 9.08. The number of nitrogens with zero attached hydrogens (tertiary/aromatic N) is 5. The SMILES string of the molecule is Cc1cc(C)cc(N2C[C@H](C)Cn3c2nc2c3c(=O)n(Cc3ccccc3F)c(=O)n2C)c1. The molecule has 0 unspecified atom stereocenters.